The first-order chi connectivity index (χ1) is 19.4. The fraction of sp³-hybridized carbons (Fsp3) is 0.345. The topological polar surface area (TPSA) is 133 Å². The van der Waals surface area contributed by atoms with Crippen molar-refractivity contribution in [2.24, 2.45) is 5.92 Å². The summed E-state index contributed by atoms with van der Waals surface area (Å²) >= 11 is 1.41. The minimum Gasteiger partial charge on any atom is -0.618 e. The summed E-state index contributed by atoms with van der Waals surface area (Å²) in [5.74, 6) is -0.0563. The van der Waals surface area contributed by atoms with E-state index in [9.17, 15) is 19.9 Å². The number of ether oxygens (including phenoxy) is 3. The van der Waals surface area contributed by atoms with Crippen LogP contribution in [0.15, 0.2) is 78.0 Å². The predicted octanol–water partition coefficient (Wildman–Crippen LogP) is 4.08. The minimum atomic E-state index is -0.746. The van der Waals surface area contributed by atoms with Crippen LogP contribution in [-0.2, 0) is 25.6 Å². The van der Waals surface area contributed by atoms with Crippen molar-refractivity contribution >= 4 is 29.4 Å². The molecule has 40 heavy (non-hydrogen) atoms. The maximum atomic E-state index is 12.3. The van der Waals surface area contributed by atoms with Gasteiger partial charge < -0.3 is 35.2 Å². The summed E-state index contributed by atoms with van der Waals surface area (Å²) in [5, 5.41) is 27.4. The van der Waals surface area contributed by atoms with Crippen molar-refractivity contribution in [2.75, 3.05) is 24.2 Å². The number of anilines is 1. The zero-order chi connectivity index (χ0) is 28.5. The van der Waals surface area contributed by atoms with Crippen molar-refractivity contribution in [3.63, 3.8) is 0 Å². The highest BCUT2D eigenvalue weighted by Gasteiger charge is 2.38. The van der Waals surface area contributed by atoms with Gasteiger partial charge in [0.15, 0.2) is 12.5 Å². The molecular formula is C29H33N3O7S. The van der Waals surface area contributed by atoms with Gasteiger partial charge in [-0.25, -0.2) is 4.79 Å². The second kappa shape index (κ2) is 14.1. The molecule has 3 N–H and O–H groups in total. The average molecular weight is 568 g/mol. The van der Waals surface area contributed by atoms with E-state index >= 15 is 0 Å². The van der Waals surface area contributed by atoms with Gasteiger partial charge in [0.25, 0.3) is 5.03 Å². The van der Waals surface area contributed by atoms with Crippen LogP contribution in [0, 0.1) is 11.1 Å². The number of aromatic nitrogens is 1. The third kappa shape index (κ3) is 7.72. The number of thioether (sulfide) groups is 1. The number of esters is 1. The standard InChI is InChI=1S/C29H33N3O7S/c1-3-37-26(34)16-30-29(35)31-23-8-6-7-22(15-23)28-38-24(18-40-25-9-4-5-14-32(25)36)19(2)27(39-28)21-12-10-20(17-33)11-13-21/h4-15,19,24,27-28,33H,3,16-18H2,1-2H3,(H2,30,31,35)/t19-,24+,27+,28+/m1/s1. The van der Waals surface area contributed by atoms with E-state index in [0.717, 1.165) is 15.9 Å². The highest BCUT2D eigenvalue weighted by Crippen LogP contribution is 2.43. The van der Waals surface area contributed by atoms with E-state index in [1.165, 1.54) is 18.0 Å². The quantitative estimate of drug-likeness (QED) is 0.145. The Hall–Kier alpha value is -3.64. The summed E-state index contributed by atoms with van der Waals surface area (Å²) < 4.78 is 18.5. The Balaban J connectivity index is 1.52. The molecule has 4 rings (SSSR count). The van der Waals surface area contributed by atoms with Crippen molar-refractivity contribution in [3.8, 4) is 0 Å². The number of urea groups is 1. The van der Waals surface area contributed by atoms with Crippen LogP contribution >= 0.6 is 11.8 Å². The number of rotatable bonds is 10. The van der Waals surface area contributed by atoms with E-state index in [1.54, 1.807) is 37.3 Å². The monoisotopic (exact) mass is 567 g/mol. The number of pyridine rings is 1. The van der Waals surface area contributed by atoms with Gasteiger partial charge in [0.2, 0.25) is 0 Å². The summed E-state index contributed by atoms with van der Waals surface area (Å²) in [6.07, 6.45) is 0.128. The first kappa shape index (κ1) is 29.3. The summed E-state index contributed by atoms with van der Waals surface area (Å²) in [4.78, 5) is 23.8. The molecule has 1 saturated heterocycles. The van der Waals surface area contributed by atoms with Gasteiger partial charge in [-0.15, -0.1) is 0 Å². The Bertz CT molecular complexity index is 1290. The Labute approximate surface area is 237 Å². The van der Waals surface area contributed by atoms with Crippen LogP contribution in [0.25, 0.3) is 0 Å². The van der Waals surface area contributed by atoms with Crippen LogP contribution in [0.1, 0.15) is 42.9 Å². The van der Waals surface area contributed by atoms with Gasteiger partial charge in [-0.3, -0.25) is 4.79 Å². The van der Waals surface area contributed by atoms with Crippen molar-refractivity contribution in [3.05, 3.63) is 94.8 Å². The van der Waals surface area contributed by atoms with E-state index in [2.05, 4.69) is 10.6 Å². The number of aliphatic hydroxyl groups is 1. The first-order valence-electron chi connectivity index (χ1n) is 13.0. The molecule has 0 unspecified atom stereocenters. The summed E-state index contributed by atoms with van der Waals surface area (Å²) in [6, 6.07) is 19.4. The molecular weight excluding hydrogens is 534 g/mol. The molecule has 2 heterocycles. The molecule has 1 aliphatic rings. The average Bonchev–Trinajstić information content (AvgIpc) is 2.97. The van der Waals surface area contributed by atoms with Crippen molar-refractivity contribution in [2.45, 2.75) is 44.0 Å². The van der Waals surface area contributed by atoms with E-state index in [-0.39, 0.29) is 37.9 Å². The number of hydrogen-bond acceptors (Lipinski definition) is 8. The highest BCUT2D eigenvalue weighted by atomic mass is 32.2. The summed E-state index contributed by atoms with van der Waals surface area (Å²) in [5.41, 5.74) is 2.94. The lowest BCUT2D eigenvalue weighted by Gasteiger charge is -2.41. The minimum absolute atomic E-state index is 0.0498. The number of nitrogens with one attached hydrogen (secondary N) is 2. The number of benzene rings is 2. The maximum absolute atomic E-state index is 12.3. The Kier molecular flexibility index (Phi) is 10.4. The molecule has 10 nitrogen and oxygen atoms in total. The van der Waals surface area contributed by atoms with Crippen LogP contribution in [0.2, 0.25) is 0 Å². The van der Waals surface area contributed by atoms with Crippen LogP contribution in [0.3, 0.4) is 0 Å². The molecule has 0 bridgehead atoms. The molecule has 0 spiro atoms. The second-order valence-electron chi connectivity index (χ2n) is 9.24. The van der Waals surface area contributed by atoms with E-state index < -0.39 is 18.3 Å². The van der Waals surface area contributed by atoms with Gasteiger partial charge in [0.1, 0.15) is 6.54 Å². The van der Waals surface area contributed by atoms with E-state index in [4.69, 9.17) is 14.2 Å². The van der Waals surface area contributed by atoms with E-state index in [0.29, 0.717) is 22.0 Å². The lowest BCUT2D eigenvalue weighted by Crippen LogP contribution is -2.39. The maximum Gasteiger partial charge on any atom is 0.325 e. The molecule has 0 aliphatic carbocycles. The third-order valence-electron chi connectivity index (χ3n) is 6.42. The van der Waals surface area contributed by atoms with Crippen molar-refractivity contribution in [1.82, 2.24) is 5.32 Å². The second-order valence-corrected chi connectivity index (χ2v) is 10.3. The van der Waals surface area contributed by atoms with Crippen LogP contribution in [-0.4, -0.2) is 42.1 Å². The fourth-order valence-electron chi connectivity index (χ4n) is 4.30. The number of carbonyl (C=O) groups is 2. The molecule has 0 radical (unpaired) electrons. The molecule has 212 valence electrons. The summed E-state index contributed by atoms with van der Waals surface area (Å²) in [7, 11) is 0. The van der Waals surface area contributed by atoms with Gasteiger partial charge in [-0.1, -0.05) is 55.1 Å². The zero-order valence-electron chi connectivity index (χ0n) is 22.3. The van der Waals surface area contributed by atoms with Gasteiger partial charge >= 0.3 is 12.0 Å². The molecule has 2 amide bonds. The van der Waals surface area contributed by atoms with Crippen LogP contribution in [0.4, 0.5) is 10.5 Å². The van der Waals surface area contributed by atoms with Crippen molar-refractivity contribution in [1.29, 1.82) is 0 Å². The normalized spacial score (nSPS) is 20.5. The highest BCUT2D eigenvalue weighted by molar-refractivity contribution is 7.99. The predicted molar refractivity (Wildman–Crippen MR) is 149 cm³/mol. The van der Waals surface area contributed by atoms with Gasteiger partial charge in [-0.05, 0) is 36.2 Å². The SMILES string of the molecule is CCOC(=O)CNC(=O)Nc1cccc([C@H]2O[C@@H](CSc3cccc[n+]3[O-])[C@@H](C)[C@@H](c3ccc(CO)cc3)O2)c1. The number of hydrogen-bond donors (Lipinski definition) is 3. The fourth-order valence-corrected chi connectivity index (χ4v) is 5.38. The summed E-state index contributed by atoms with van der Waals surface area (Å²) in [6.45, 7) is 3.69. The lowest BCUT2D eigenvalue weighted by atomic mass is 9.91. The van der Waals surface area contributed by atoms with E-state index in [1.807, 2.05) is 43.3 Å². The van der Waals surface area contributed by atoms with Gasteiger partial charge in [-0.2, -0.15) is 4.73 Å². The number of aliphatic hydroxyl groups excluding tert-OH is 1. The van der Waals surface area contributed by atoms with Crippen LogP contribution < -0.4 is 15.4 Å². The van der Waals surface area contributed by atoms with Gasteiger partial charge in [0.05, 0.1) is 25.4 Å². The largest absolute Gasteiger partial charge is 0.618 e. The molecule has 1 aromatic heterocycles. The molecule has 1 aliphatic heterocycles. The molecule has 4 atom stereocenters. The molecule has 0 saturated carbocycles. The van der Waals surface area contributed by atoms with Crippen molar-refractivity contribution < 1.29 is 33.6 Å². The number of nitrogens with zero attached hydrogens (tertiary/aromatic N) is 1. The van der Waals surface area contributed by atoms with Crippen LogP contribution in [0.5, 0.6) is 0 Å². The third-order valence-corrected chi connectivity index (χ3v) is 7.53. The molecule has 1 fully saturated rings. The molecule has 2 aromatic carbocycles. The zero-order valence-corrected chi connectivity index (χ0v) is 23.1. The Morgan fingerprint density at radius 1 is 1.07 bits per heavy atom. The first-order valence-corrected chi connectivity index (χ1v) is 14.0. The Morgan fingerprint density at radius 2 is 1.88 bits per heavy atom. The molecule has 3 aromatic rings. The lowest BCUT2D eigenvalue weighted by molar-refractivity contribution is -0.645. The molecule has 11 heteroatoms. The Morgan fingerprint density at radius 3 is 2.60 bits per heavy atom. The van der Waals surface area contributed by atoms with Gasteiger partial charge in [0, 0.05) is 35.1 Å². The number of amides is 2. The number of carbonyl (C=O) groups excluding carboxylic acids is 2. The smallest absolute Gasteiger partial charge is 0.325 e.